The average molecular weight is 294 g/mol. The first-order chi connectivity index (χ1) is 9.34. The fraction of sp³-hybridized carbons (Fsp3) is 0.438. The number of halogens is 1. The standard InChI is InChI=1S/C16H20ClNO2/c1-9(2)18(10(3)4)16(19)14-11(5)12-7-6-8-13(17)15(12)20-14/h6-10H,1-5H3. The first-order valence-corrected chi connectivity index (χ1v) is 7.22. The minimum atomic E-state index is -0.0835. The summed E-state index contributed by atoms with van der Waals surface area (Å²) in [4.78, 5) is 14.5. The van der Waals surface area contributed by atoms with Crippen molar-refractivity contribution in [1.82, 2.24) is 4.90 Å². The van der Waals surface area contributed by atoms with Crippen LogP contribution in [0.3, 0.4) is 0 Å². The van der Waals surface area contributed by atoms with Gasteiger partial charge < -0.3 is 9.32 Å². The number of furan rings is 1. The van der Waals surface area contributed by atoms with Crippen molar-refractivity contribution in [1.29, 1.82) is 0 Å². The summed E-state index contributed by atoms with van der Waals surface area (Å²) in [6, 6.07) is 5.79. The van der Waals surface area contributed by atoms with Gasteiger partial charge in [0.2, 0.25) is 0 Å². The molecule has 0 saturated carbocycles. The first kappa shape index (κ1) is 14.9. The van der Waals surface area contributed by atoms with E-state index in [-0.39, 0.29) is 18.0 Å². The largest absolute Gasteiger partial charge is 0.449 e. The molecule has 0 aliphatic heterocycles. The van der Waals surface area contributed by atoms with E-state index in [2.05, 4.69) is 0 Å². The van der Waals surface area contributed by atoms with Gasteiger partial charge in [0.1, 0.15) is 0 Å². The second-order valence-electron chi connectivity index (χ2n) is 5.57. The van der Waals surface area contributed by atoms with Crippen LogP contribution in [0.4, 0.5) is 0 Å². The third-order valence-corrected chi connectivity index (χ3v) is 3.75. The smallest absolute Gasteiger partial charge is 0.290 e. The van der Waals surface area contributed by atoms with Crippen molar-refractivity contribution in [2.45, 2.75) is 46.7 Å². The van der Waals surface area contributed by atoms with Crippen molar-refractivity contribution >= 4 is 28.5 Å². The number of nitrogens with zero attached hydrogens (tertiary/aromatic N) is 1. The number of aryl methyl sites for hydroxylation is 1. The quantitative estimate of drug-likeness (QED) is 0.825. The Balaban J connectivity index is 2.55. The highest BCUT2D eigenvalue weighted by atomic mass is 35.5. The summed E-state index contributed by atoms with van der Waals surface area (Å²) in [5, 5.41) is 1.43. The molecule has 0 radical (unpaired) electrons. The number of carbonyl (C=O) groups excluding carboxylic acids is 1. The molecule has 0 aliphatic rings. The topological polar surface area (TPSA) is 33.5 Å². The molecule has 0 atom stereocenters. The van der Waals surface area contributed by atoms with Crippen LogP contribution in [0, 0.1) is 6.92 Å². The fourth-order valence-corrected chi connectivity index (χ4v) is 2.81. The van der Waals surface area contributed by atoms with E-state index in [1.807, 2.05) is 51.7 Å². The van der Waals surface area contributed by atoms with Gasteiger partial charge >= 0.3 is 0 Å². The van der Waals surface area contributed by atoms with Crippen molar-refractivity contribution in [3.05, 3.63) is 34.5 Å². The van der Waals surface area contributed by atoms with Gasteiger partial charge in [0, 0.05) is 23.0 Å². The molecule has 4 heteroatoms. The Morgan fingerprint density at radius 3 is 2.30 bits per heavy atom. The van der Waals surface area contributed by atoms with E-state index >= 15 is 0 Å². The number of carbonyl (C=O) groups is 1. The molecule has 1 amide bonds. The monoisotopic (exact) mass is 293 g/mol. The number of hydrogen-bond donors (Lipinski definition) is 0. The van der Waals surface area contributed by atoms with Crippen LogP contribution >= 0.6 is 11.6 Å². The highest BCUT2D eigenvalue weighted by Gasteiger charge is 2.27. The average Bonchev–Trinajstić information content (AvgIpc) is 2.68. The summed E-state index contributed by atoms with van der Waals surface area (Å²) in [6.45, 7) is 9.91. The molecule has 1 aromatic carbocycles. The minimum Gasteiger partial charge on any atom is -0.449 e. The lowest BCUT2D eigenvalue weighted by molar-refractivity contribution is 0.0612. The summed E-state index contributed by atoms with van der Waals surface area (Å²) < 4.78 is 5.75. The molecule has 0 aliphatic carbocycles. The van der Waals surface area contributed by atoms with Gasteiger partial charge in [0.05, 0.1) is 5.02 Å². The highest BCUT2D eigenvalue weighted by Crippen LogP contribution is 2.31. The molecule has 0 fully saturated rings. The highest BCUT2D eigenvalue weighted by molar-refractivity contribution is 6.35. The molecule has 0 bridgehead atoms. The van der Waals surface area contributed by atoms with Crippen LogP contribution in [-0.2, 0) is 0 Å². The van der Waals surface area contributed by atoms with E-state index in [1.165, 1.54) is 0 Å². The van der Waals surface area contributed by atoms with Crippen LogP contribution in [0.25, 0.3) is 11.0 Å². The Labute approximate surface area is 124 Å². The molecule has 3 nitrogen and oxygen atoms in total. The van der Waals surface area contributed by atoms with E-state index in [0.717, 1.165) is 10.9 Å². The summed E-state index contributed by atoms with van der Waals surface area (Å²) in [5.74, 6) is 0.301. The number of amides is 1. The second kappa shape index (κ2) is 5.49. The molecule has 0 spiro atoms. The van der Waals surface area contributed by atoms with Gasteiger partial charge in [-0.1, -0.05) is 23.7 Å². The predicted octanol–water partition coefficient (Wildman–Crippen LogP) is 4.65. The Morgan fingerprint density at radius 1 is 1.20 bits per heavy atom. The van der Waals surface area contributed by atoms with E-state index in [4.69, 9.17) is 16.0 Å². The predicted molar refractivity (Wildman–Crippen MR) is 82.4 cm³/mol. The number of para-hydroxylation sites is 1. The summed E-state index contributed by atoms with van der Waals surface area (Å²) in [5.41, 5.74) is 1.43. The third-order valence-electron chi connectivity index (χ3n) is 3.46. The molecule has 108 valence electrons. The van der Waals surface area contributed by atoms with Crippen LogP contribution in [0.5, 0.6) is 0 Å². The molecule has 2 rings (SSSR count). The molecule has 1 heterocycles. The fourth-order valence-electron chi connectivity index (χ4n) is 2.60. The molecular weight excluding hydrogens is 274 g/mol. The molecule has 20 heavy (non-hydrogen) atoms. The third kappa shape index (κ3) is 2.42. The van der Waals surface area contributed by atoms with Crippen molar-refractivity contribution in [2.75, 3.05) is 0 Å². The van der Waals surface area contributed by atoms with Crippen LogP contribution in [0.15, 0.2) is 22.6 Å². The summed E-state index contributed by atoms with van der Waals surface area (Å²) in [7, 11) is 0. The Bertz CT molecular complexity index is 635. The zero-order valence-corrected chi connectivity index (χ0v) is 13.3. The van der Waals surface area contributed by atoms with Crippen LogP contribution in [0.1, 0.15) is 43.8 Å². The van der Waals surface area contributed by atoms with Crippen molar-refractivity contribution < 1.29 is 9.21 Å². The van der Waals surface area contributed by atoms with Gasteiger partial charge in [-0.2, -0.15) is 0 Å². The van der Waals surface area contributed by atoms with E-state index in [1.54, 1.807) is 6.07 Å². The van der Waals surface area contributed by atoms with Gasteiger partial charge in [-0.25, -0.2) is 0 Å². The van der Waals surface area contributed by atoms with E-state index < -0.39 is 0 Å². The number of rotatable bonds is 3. The zero-order valence-electron chi connectivity index (χ0n) is 12.5. The lowest BCUT2D eigenvalue weighted by atomic mass is 10.1. The SMILES string of the molecule is Cc1c(C(=O)N(C(C)C)C(C)C)oc2c(Cl)cccc12. The number of hydrogen-bond acceptors (Lipinski definition) is 2. The number of fused-ring (bicyclic) bond motifs is 1. The van der Waals surface area contributed by atoms with E-state index in [0.29, 0.717) is 16.4 Å². The number of benzene rings is 1. The van der Waals surface area contributed by atoms with E-state index in [9.17, 15) is 4.79 Å². The van der Waals surface area contributed by atoms with Gasteiger partial charge in [0.25, 0.3) is 5.91 Å². The molecule has 0 unspecified atom stereocenters. The van der Waals surface area contributed by atoms with Crippen molar-refractivity contribution in [3.63, 3.8) is 0 Å². The van der Waals surface area contributed by atoms with Crippen molar-refractivity contribution in [2.24, 2.45) is 0 Å². The molecule has 0 N–H and O–H groups in total. The van der Waals surface area contributed by atoms with Gasteiger partial charge in [-0.3, -0.25) is 4.79 Å². The summed E-state index contributed by atoms with van der Waals surface area (Å²) in [6.07, 6.45) is 0. The minimum absolute atomic E-state index is 0.0835. The Hall–Kier alpha value is -1.48. The summed E-state index contributed by atoms with van der Waals surface area (Å²) >= 11 is 6.13. The van der Waals surface area contributed by atoms with Gasteiger partial charge in [0.15, 0.2) is 11.3 Å². The second-order valence-corrected chi connectivity index (χ2v) is 5.98. The molecule has 2 aromatic rings. The van der Waals surface area contributed by atoms with Crippen molar-refractivity contribution in [3.8, 4) is 0 Å². The van der Waals surface area contributed by atoms with Crippen LogP contribution < -0.4 is 0 Å². The van der Waals surface area contributed by atoms with Gasteiger partial charge in [-0.15, -0.1) is 0 Å². The maximum Gasteiger partial charge on any atom is 0.290 e. The first-order valence-electron chi connectivity index (χ1n) is 6.84. The molecular formula is C16H20ClNO2. The normalized spacial score (nSPS) is 11.6. The zero-order chi connectivity index (χ0) is 15.0. The maximum atomic E-state index is 12.7. The molecule has 0 saturated heterocycles. The lowest BCUT2D eigenvalue weighted by Gasteiger charge is -2.30. The lowest BCUT2D eigenvalue weighted by Crippen LogP contribution is -2.42. The molecule has 1 aromatic heterocycles. The maximum absolute atomic E-state index is 12.7. The van der Waals surface area contributed by atoms with Gasteiger partial charge in [-0.05, 0) is 40.7 Å². The Morgan fingerprint density at radius 2 is 1.80 bits per heavy atom. The Kier molecular flexibility index (Phi) is 4.09. The van der Waals surface area contributed by atoms with Crippen LogP contribution in [-0.4, -0.2) is 22.9 Å². The van der Waals surface area contributed by atoms with Crippen LogP contribution in [0.2, 0.25) is 5.02 Å².